The normalized spacial score (nSPS) is 27.7. The zero-order chi connectivity index (χ0) is 21.4. The van der Waals surface area contributed by atoms with Gasteiger partial charge in [0, 0.05) is 17.9 Å². The minimum atomic E-state index is -1.45. The average Bonchev–Trinajstić information content (AvgIpc) is 3.19. The summed E-state index contributed by atoms with van der Waals surface area (Å²) in [6, 6.07) is 8.07. The van der Waals surface area contributed by atoms with Gasteiger partial charge in [-0.3, -0.25) is 4.98 Å². The summed E-state index contributed by atoms with van der Waals surface area (Å²) in [5.74, 6) is 5.89. The summed E-state index contributed by atoms with van der Waals surface area (Å²) in [4.78, 5) is 4.43. The highest BCUT2D eigenvalue weighted by molar-refractivity contribution is 5.75. The first kappa shape index (κ1) is 20.8. The lowest BCUT2D eigenvalue weighted by molar-refractivity contribution is -0.214. The lowest BCUT2D eigenvalue weighted by atomic mass is 9.94. The van der Waals surface area contributed by atoms with Gasteiger partial charge in [0.25, 0.3) is 0 Å². The van der Waals surface area contributed by atoms with Crippen molar-refractivity contribution in [1.82, 2.24) is 10.4 Å². The number of pyridine rings is 1. The third-order valence-corrected chi connectivity index (χ3v) is 5.37. The van der Waals surface area contributed by atoms with Gasteiger partial charge < -0.3 is 30.6 Å². The molecule has 3 heterocycles. The standard InChI is InChI=1S/C22H25N3O5/c1-11-5-14(6-12(2)24-11)15-7-13(19-16(8-15)9-23-25-19)3-4-17-20(27)22(29)21(28)18(10-26)30-17/h5-8,17-18,20-23,25-29H,9-10H2,1-2H3/t17?,18?,20?,21-,22?/m1/s1. The fraction of sp³-hybridized carbons (Fsp3) is 0.409. The van der Waals surface area contributed by atoms with Crippen molar-refractivity contribution in [2.24, 2.45) is 0 Å². The van der Waals surface area contributed by atoms with Crippen molar-refractivity contribution in [3.05, 3.63) is 46.8 Å². The zero-order valence-corrected chi connectivity index (χ0v) is 16.8. The first-order valence-electron chi connectivity index (χ1n) is 9.81. The molecule has 2 aromatic rings. The lowest BCUT2D eigenvalue weighted by Crippen LogP contribution is -2.58. The molecule has 4 unspecified atom stereocenters. The number of aromatic nitrogens is 1. The summed E-state index contributed by atoms with van der Waals surface area (Å²) in [6.45, 7) is 4.06. The predicted octanol–water partition coefficient (Wildman–Crippen LogP) is -0.0106. The minimum Gasteiger partial charge on any atom is -0.394 e. The third kappa shape index (κ3) is 3.91. The Bertz CT molecular complexity index is 994. The van der Waals surface area contributed by atoms with Crippen LogP contribution in [0, 0.1) is 25.7 Å². The number of hydrogen-bond donors (Lipinski definition) is 6. The number of benzene rings is 1. The van der Waals surface area contributed by atoms with E-state index in [0.717, 1.165) is 33.8 Å². The van der Waals surface area contributed by atoms with Crippen LogP contribution >= 0.6 is 0 Å². The predicted molar refractivity (Wildman–Crippen MR) is 110 cm³/mol. The van der Waals surface area contributed by atoms with E-state index in [1.807, 2.05) is 32.0 Å². The maximum atomic E-state index is 10.2. The van der Waals surface area contributed by atoms with E-state index >= 15 is 0 Å². The van der Waals surface area contributed by atoms with Crippen molar-refractivity contribution in [3.8, 4) is 23.0 Å². The summed E-state index contributed by atoms with van der Waals surface area (Å²) >= 11 is 0. The number of hydrogen-bond acceptors (Lipinski definition) is 8. The second-order valence-corrected chi connectivity index (χ2v) is 7.69. The number of aryl methyl sites for hydroxylation is 2. The molecule has 2 aliphatic rings. The van der Waals surface area contributed by atoms with Gasteiger partial charge >= 0.3 is 0 Å². The number of rotatable bonds is 2. The van der Waals surface area contributed by atoms with Gasteiger partial charge in [-0.05, 0) is 54.8 Å². The fourth-order valence-corrected chi connectivity index (χ4v) is 3.85. The number of ether oxygens (including phenoxy) is 1. The van der Waals surface area contributed by atoms with E-state index in [0.29, 0.717) is 12.1 Å². The van der Waals surface area contributed by atoms with Crippen molar-refractivity contribution in [1.29, 1.82) is 0 Å². The molecular weight excluding hydrogens is 386 g/mol. The third-order valence-electron chi connectivity index (χ3n) is 5.37. The number of hydrazine groups is 1. The number of aliphatic hydroxyl groups excluding tert-OH is 4. The molecule has 0 radical (unpaired) electrons. The molecule has 0 bridgehead atoms. The molecule has 8 nitrogen and oxygen atoms in total. The Labute approximate surface area is 174 Å². The molecule has 0 spiro atoms. The van der Waals surface area contributed by atoms with Crippen LogP contribution in [0.15, 0.2) is 24.3 Å². The van der Waals surface area contributed by atoms with Crippen LogP contribution in [0.3, 0.4) is 0 Å². The molecule has 1 saturated heterocycles. The summed E-state index contributed by atoms with van der Waals surface area (Å²) in [7, 11) is 0. The molecule has 0 amide bonds. The Morgan fingerprint density at radius 1 is 1.03 bits per heavy atom. The fourth-order valence-electron chi connectivity index (χ4n) is 3.85. The van der Waals surface area contributed by atoms with Gasteiger partial charge in [0.15, 0.2) is 0 Å². The first-order valence-corrected chi connectivity index (χ1v) is 9.81. The van der Waals surface area contributed by atoms with Crippen LogP contribution in [0.25, 0.3) is 11.1 Å². The molecule has 0 aliphatic carbocycles. The molecular formula is C22H25N3O5. The maximum absolute atomic E-state index is 10.2. The molecule has 1 aromatic carbocycles. The summed E-state index contributed by atoms with van der Waals surface area (Å²) in [5.41, 5.74) is 12.7. The van der Waals surface area contributed by atoms with Crippen LogP contribution < -0.4 is 10.9 Å². The van der Waals surface area contributed by atoms with Crippen molar-refractivity contribution in [2.75, 3.05) is 12.0 Å². The molecule has 4 rings (SSSR count). The zero-order valence-electron chi connectivity index (χ0n) is 16.8. The van der Waals surface area contributed by atoms with Crippen molar-refractivity contribution in [2.45, 2.75) is 50.9 Å². The topological polar surface area (TPSA) is 127 Å². The molecule has 158 valence electrons. The van der Waals surface area contributed by atoms with E-state index in [1.165, 1.54) is 0 Å². The Morgan fingerprint density at radius 2 is 1.73 bits per heavy atom. The van der Waals surface area contributed by atoms with Gasteiger partial charge in [0.2, 0.25) is 0 Å². The second-order valence-electron chi connectivity index (χ2n) is 7.69. The van der Waals surface area contributed by atoms with E-state index in [9.17, 15) is 20.4 Å². The van der Waals surface area contributed by atoms with E-state index < -0.39 is 37.1 Å². The molecule has 1 fully saturated rings. The first-order chi connectivity index (χ1) is 14.4. The quantitative estimate of drug-likeness (QED) is 0.381. The highest BCUT2D eigenvalue weighted by Crippen LogP contribution is 2.32. The Hall–Kier alpha value is -2.51. The van der Waals surface area contributed by atoms with Gasteiger partial charge in [-0.25, -0.2) is 5.43 Å². The lowest BCUT2D eigenvalue weighted by Gasteiger charge is -2.37. The number of fused-ring (bicyclic) bond motifs is 1. The number of nitrogens with one attached hydrogen (secondary N) is 2. The molecule has 2 aliphatic heterocycles. The number of aliphatic hydroxyl groups is 4. The SMILES string of the molecule is Cc1cc(-c2cc(C#CC3OC(CO)[C@@H](O)C(O)C3O)c3c(c2)CNN3)cc(C)n1. The Kier molecular flexibility index (Phi) is 5.75. The monoisotopic (exact) mass is 411 g/mol. The van der Waals surface area contributed by atoms with Gasteiger partial charge in [-0.2, -0.15) is 0 Å². The Balaban J connectivity index is 1.71. The van der Waals surface area contributed by atoms with Crippen LogP contribution in [0.1, 0.15) is 22.5 Å². The largest absolute Gasteiger partial charge is 0.394 e. The van der Waals surface area contributed by atoms with Crippen molar-refractivity contribution >= 4 is 5.69 Å². The molecule has 5 atom stereocenters. The van der Waals surface area contributed by atoms with Gasteiger partial charge in [0.1, 0.15) is 30.5 Å². The van der Waals surface area contributed by atoms with E-state index in [4.69, 9.17) is 4.74 Å². The van der Waals surface area contributed by atoms with Crippen molar-refractivity contribution < 1.29 is 25.2 Å². The molecule has 1 aromatic heterocycles. The number of anilines is 1. The van der Waals surface area contributed by atoms with Gasteiger partial charge in [0.05, 0.1) is 17.9 Å². The highest BCUT2D eigenvalue weighted by Gasteiger charge is 2.42. The summed E-state index contributed by atoms with van der Waals surface area (Å²) < 4.78 is 5.49. The van der Waals surface area contributed by atoms with E-state index in [1.54, 1.807) is 0 Å². The van der Waals surface area contributed by atoms with Crippen LogP contribution in [-0.2, 0) is 11.3 Å². The van der Waals surface area contributed by atoms with E-state index in [-0.39, 0.29) is 0 Å². The summed E-state index contributed by atoms with van der Waals surface area (Å²) in [6.07, 6.45) is -6.26. The number of nitrogens with zero attached hydrogens (tertiary/aromatic N) is 1. The van der Waals surface area contributed by atoms with Crippen LogP contribution in [0.2, 0.25) is 0 Å². The van der Waals surface area contributed by atoms with E-state index in [2.05, 4.69) is 33.7 Å². The summed E-state index contributed by atoms with van der Waals surface area (Å²) in [5, 5.41) is 39.5. The maximum Gasteiger partial charge on any atom is 0.147 e. The van der Waals surface area contributed by atoms with Crippen LogP contribution in [0.5, 0.6) is 0 Å². The second kappa shape index (κ2) is 8.32. The molecule has 0 saturated carbocycles. The van der Waals surface area contributed by atoms with Crippen LogP contribution in [0.4, 0.5) is 5.69 Å². The smallest absolute Gasteiger partial charge is 0.147 e. The molecule has 30 heavy (non-hydrogen) atoms. The minimum absolute atomic E-state index is 0.486. The Morgan fingerprint density at radius 3 is 2.43 bits per heavy atom. The highest BCUT2D eigenvalue weighted by atomic mass is 16.5. The molecule has 8 heteroatoms. The van der Waals surface area contributed by atoms with Crippen molar-refractivity contribution in [3.63, 3.8) is 0 Å². The molecule has 6 N–H and O–H groups in total. The van der Waals surface area contributed by atoms with Gasteiger partial charge in [-0.15, -0.1) is 0 Å². The average molecular weight is 411 g/mol. The van der Waals surface area contributed by atoms with Crippen LogP contribution in [-0.4, -0.2) is 62.5 Å². The van der Waals surface area contributed by atoms with Gasteiger partial charge in [-0.1, -0.05) is 11.8 Å².